The van der Waals surface area contributed by atoms with Crippen LogP contribution in [0.2, 0.25) is 0 Å². The Balaban J connectivity index is 2.32. The Morgan fingerprint density at radius 2 is 2.00 bits per heavy atom. The van der Waals surface area contributed by atoms with Crippen LogP contribution in [0.3, 0.4) is 0 Å². The Kier molecular flexibility index (Phi) is 3.15. The maximum atomic E-state index is 12.8. The molecule has 1 aromatic rings. The molecule has 1 unspecified atom stereocenters. The van der Waals surface area contributed by atoms with Crippen molar-refractivity contribution < 1.29 is 18.3 Å². The lowest BCUT2D eigenvalue weighted by Gasteiger charge is -2.38. The normalized spacial score (nSPS) is 21.6. The summed E-state index contributed by atoms with van der Waals surface area (Å²) in [6.07, 6.45) is -4.31. The smallest absolute Gasteiger partial charge is 0.409 e. The molecule has 94 valence electrons. The Labute approximate surface area is 96.9 Å². The van der Waals surface area contributed by atoms with Crippen LogP contribution in [-0.4, -0.2) is 37.0 Å². The minimum absolute atomic E-state index is 0.122. The second-order valence-corrected chi connectivity index (χ2v) is 3.94. The van der Waals surface area contributed by atoms with Gasteiger partial charge in [0.15, 0.2) is 0 Å². The van der Waals surface area contributed by atoms with E-state index in [4.69, 9.17) is 0 Å². The van der Waals surface area contributed by atoms with Crippen molar-refractivity contribution in [2.75, 3.05) is 24.5 Å². The molecule has 17 heavy (non-hydrogen) atoms. The van der Waals surface area contributed by atoms with E-state index in [0.717, 1.165) is 0 Å². The van der Waals surface area contributed by atoms with Gasteiger partial charge >= 0.3 is 6.18 Å². The minimum Gasteiger partial charge on any atom is -0.506 e. The van der Waals surface area contributed by atoms with E-state index in [2.05, 4.69) is 5.32 Å². The van der Waals surface area contributed by atoms with Crippen LogP contribution in [0.5, 0.6) is 5.75 Å². The zero-order valence-corrected chi connectivity index (χ0v) is 9.04. The number of alkyl halides is 3. The summed E-state index contributed by atoms with van der Waals surface area (Å²) >= 11 is 0. The fourth-order valence-electron chi connectivity index (χ4n) is 1.99. The molecular weight excluding hydrogens is 233 g/mol. The summed E-state index contributed by atoms with van der Waals surface area (Å²) in [6, 6.07) is 4.50. The van der Waals surface area contributed by atoms with Crippen molar-refractivity contribution in [3.8, 4) is 5.75 Å². The Bertz CT molecular complexity index is 395. The van der Waals surface area contributed by atoms with Gasteiger partial charge in [0.2, 0.25) is 0 Å². The van der Waals surface area contributed by atoms with Crippen molar-refractivity contribution in [1.82, 2.24) is 5.32 Å². The van der Waals surface area contributed by atoms with Crippen molar-refractivity contribution in [2.24, 2.45) is 0 Å². The molecule has 6 heteroatoms. The maximum absolute atomic E-state index is 12.8. The molecule has 0 amide bonds. The molecule has 0 saturated carbocycles. The molecule has 2 N–H and O–H groups in total. The van der Waals surface area contributed by atoms with Gasteiger partial charge in [-0.05, 0) is 12.1 Å². The molecule has 2 rings (SSSR count). The summed E-state index contributed by atoms with van der Waals surface area (Å²) in [7, 11) is 0. The van der Waals surface area contributed by atoms with Crippen LogP contribution in [0.1, 0.15) is 0 Å². The molecule has 0 radical (unpaired) electrons. The highest BCUT2D eigenvalue weighted by Gasteiger charge is 2.45. The van der Waals surface area contributed by atoms with Crippen LogP contribution in [0.15, 0.2) is 24.3 Å². The molecule has 1 aliphatic rings. The predicted molar refractivity (Wildman–Crippen MR) is 58.2 cm³/mol. The molecule has 1 fully saturated rings. The topological polar surface area (TPSA) is 35.5 Å². The summed E-state index contributed by atoms with van der Waals surface area (Å²) in [5.74, 6) is -0.122. The SMILES string of the molecule is Oc1ccccc1N1CCNCC1C(F)(F)F. The van der Waals surface area contributed by atoms with E-state index in [9.17, 15) is 18.3 Å². The third kappa shape index (κ3) is 2.46. The monoisotopic (exact) mass is 246 g/mol. The van der Waals surface area contributed by atoms with Crippen molar-refractivity contribution in [2.45, 2.75) is 12.2 Å². The standard InChI is InChI=1S/C11H13F3N2O/c12-11(13,14)10-7-15-5-6-16(10)8-3-1-2-4-9(8)17/h1-4,10,15,17H,5-7H2. The number of hydrogen-bond acceptors (Lipinski definition) is 3. The van der Waals surface area contributed by atoms with Gasteiger partial charge in [0.1, 0.15) is 11.8 Å². The van der Waals surface area contributed by atoms with Crippen LogP contribution < -0.4 is 10.2 Å². The lowest BCUT2D eigenvalue weighted by molar-refractivity contribution is -0.149. The number of anilines is 1. The summed E-state index contributed by atoms with van der Waals surface area (Å²) in [4.78, 5) is 1.20. The highest BCUT2D eigenvalue weighted by atomic mass is 19.4. The van der Waals surface area contributed by atoms with Crippen LogP contribution in [0.4, 0.5) is 18.9 Å². The van der Waals surface area contributed by atoms with E-state index in [1.807, 2.05) is 0 Å². The number of halogens is 3. The minimum atomic E-state index is -4.31. The van der Waals surface area contributed by atoms with E-state index >= 15 is 0 Å². The quantitative estimate of drug-likeness (QED) is 0.792. The number of nitrogens with zero attached hydrogens (tertiary/aromatic N) is 1. The van der Waals surface area contributed by atoms with Gasteiger partial charge < -0.3 is 15.3 Å². The molecule has 3 nitrogen and oxygen atoms in total. The zero-order valence-electron chi connectivity index (χ0n) is 9.04. The van der Waals surface area contributed by atoms with Gasteiger partial charge in [-0.2, -0.15) is 13.2 Å². The second-order valence-electron chi connectivity index (χ2n) is 3.94. The lowest BCUT2D eigenvalue weighted by atomic mass is 10.1. The number of rotatable bonds is 1. The van der Waals surface area contributed by atoms with Crippen molar-refractivity contribution in [3.63, 3.8) is 0 Å². The third-order valence-corrected chi connectivity index (χ3v) is 2.81. The summed E-state index contributed by atoms with van der Waals surface area (Å²) < 4.78 is 38.5. The number of phenols is 1. The summed E-state index contributed by atoms with van der Waals surface area (Å²) in [6.45, 7) is 0.542. The predicted octanol–water partition coefficient (Wildman–Crippen LogP) is 1.73. The summed E-state index contributed by atoms with van der Waals surface area (Å²) in [5, 5.41) is 12.3. The lowest BCUT2D eigenvalue weighted by Crippen LogP contribution is -2.58. The number of aromatic hydroxyl groups is 1. The first-order valence-electron chi connectivity index (χ1n) is 5.32. The van der Waals surface area contributed by atoms with Gasteiger partial charge in [0, 0.05) is 19.6 Å². The third-order valence-electron chi connectivity index (χ3n) is 2.81. The van der Waals surface area contributed by atoms with Crippen LogP contribution in [-0.2, 0) is 0 Å². The molecule has 1 saturated heterocycles. The fourth-order valence-corrected chi connectivity index (χ4v) is 1.99. The molecule has 0 spiro atoms. The molecule has 0 bridgehead atoms. The van der Waals surface area contributed by atoms with E-state index in [-0.39, 0.29) is 24.5 Å². The van der Waals surface area contributed by atoms with Crippen LogP contribution in [0, 0.1) is 0 Å². The number of benzene rings is 1. The van der Waals surface area contributed by atoms with Gasteiger partial charge in [0.25, 0.3) is 0 Å². The number of nitrogens with one attached hydrogen (secondary N) is 1. The number of piperazine rings is 1. The largest absolute Gasteiger partial charge is 0.506 e. The average molecular weight is 246 g/mol. The van der Waals surface area contributed by atoms with Crippen molar-refractivity contribution >= 4 is 5.69 Å². The highest BCUT2D eigenvalue weighted by molar-refractivity contribution is 5.58. The fraction of sp³-hybridized carbons (Fsp3) is 0.455. The first kappa shape index (κ1) is 12.0. The highest BCUT2D eigenvalue weighted by Crippen LogP contribution is 2.34. The molecule has 1 aromatic carbocycles. The average Bonchev–Trinajstić information content (AvgIpc) is 2.28. The molecule has 1 aliphatic heterocycles. The van der Waals surface area contributed by atoms with Gasteiger partial charge in [-0.3, -0.25) is 0 Å². The number of hydrogen-bond donors (Lipinski definition) is 2. The second kappa shape index (κ2) is 4.44. The van der Waals surface area contributed by atoms with Crippen molar-refractivity contribution in [1.29, 1.82) is 0 Å². The summed E-state index contributed by atoms with van der Waals surface area (Å²) in [5.41, 5.74) is 0.233. The number of phenolic OH excluding ortho intramolecular Hbond substituents is 1. The van der Waals surface area contributed by atoms with Gasteiger partial charge in [-0.1, -0.05) is 12.1 Å². The van der Waals surface area contributed by atoms with Crippen LogP contribution >= 0.6 is 0 Å². The Hall–Kier alpha value is -1.43. The van der Waals surface area contributed by atoms with Crippen LogP contribution in [0.25, 0.3) is 0 Å². The molecule has 0 aliphatic carbocycles. The number of para-hydroxylation sites is 2. The van der Waals surface area contributed by atoms with E-state index in [1.165, 1.54) is 17.0 Å². The van der Waals surface area contributed by atoms with Crippen molar-refractivity contribution in [3.05, 3.63) is 24.3 Å². The van der Waals surface area contributed by atoms with Gasteiger partial charge in [-0.25, -0.2) is 0 Å². The maximum Gasteiger partial charge on any atom is 0.409 e. The van der Waals surface area contributed by atoms with E-state index in [0.29, 0.717) is 6.54 Å². The molecular formula is C11H13F3N2O. The molecule has 1 atom stereocenters. The Morgan fingerprint density at radius 3 is 2.65 bits per heavy atom. The van der Waals surface area contributed by atoms with E-state index in [1.54, 1.807) is 12.1 Å². The zero-order chi connectivity index (χ0) is 12.5. The molecule has 1 heterocycles. The van der Waals surface area contributed by atoms with E-state index < -0.39 is 12.2 Å². The van der Waals surface area contributed by atoms with Gasteiger partial charge in [0.05, 0.1) is 5.69 Å². The first-order valence-corrected chi connectivity index (χ1v) is 5.32. The first-order chi connectivity index (χ1) is 8.00. The molecule has 0 aromatic heterocycles. The Morgan fingerprint density at radius 1 is 1.29 bits per heavy atom. The van der Waals surface area contributed by atoms with Gasteiger partial charge in [-0.15, -0.1) is 0 Å².